The van der Waals surface area contributed by atoms with Gasteiger partial charge in [0.05, 0.1) is 6.10 Å². The molecular formula is C15H24N2O. The molecule has 3 nitrogen and oxygen atoms in total. The van der Waals surface area contributed by atoms with Gasteiger partial charge in [-0.25, -0.2) is 0 Å². The summed E-state index contributed by atoms with van der Waals surface area (Å²) in [7, 11) is 0. The van der Waals surface area contributed by atoms with Crippen LogP contribution in [0.25, 0.3) is 0 Å². The SMILES string of the molecule is CC1CN(CCc2ccccc2CN)CCCO1. The second kappa shape index (κ2) is 6.88. The minimum Gasteiger partial charge on any atom is -0.377 e. The number of nitrogens with zero attached hydrogens (tertiary/aromatic N) is 1. The minimum atomic E-state index is 0.359. The molecule has 0 bridgehead atoms. The predicted molar refractivity (Wildman–Crippen MR) is 74.5 cm³/mol. The molecule has 0 amide bonds. The molecule has 1 unspecified atom stereocenters. The van der Waals surface area contributed by atoms with Gasteiger partial charge in [0.25, 0.3) is 0 Å². The number of ether oxygens (including phenoxy) is 1. The summed E-state index contributed by atoms with van der Waals surface area (Å²) in [6.45, 7) is 6.99. The molecule has 2 N–H and O–H groups in total. The van der Waals surface area contributed by atoms with Crippen LogP contribution in [0, 0.1) is 0 Å². The molecule has 1 saturated heterocycles. The molecule has 1 aliphatic rings. The van der Waals surface area contributed by atoms with E-state index in [0.717, 1.165) is 39.1 Å². The van der Waals surface area contributed by atoms with Crippen LogP contribution in [-0.2, 0) is 17.7 Å². The third-order valence-corrected chi connectivity index (χ3v) is 3.57. The van der Waals surface area contributed by atoms with Crippen molar-refractivity contribution in [1.82, 2.24) is 4.90 Å². The fraction of sp³-hybridized carbons (Fsp3) is 0.600. The lowest BCUT2D eigenvalue weighted by molar-refractivity contribution is 0.0679. The molecule has 0 aromatic heterocycles. The first-order valence-electron chi connectivity index (χ1n) is 6.90. The van der Waals surface area contributed by atoms with E-state index in [4.69, 9.17) is 10.5 Å². The largest absolute Gasteiger partial charge is 0.377 e. The van der Waals surface area contributed by atoms with E-state index >= 15 is 0 Å². The summed E-state index contributed by atoms with van der Waals surface area (Å²) in [6, 6.07) is 8.49. The van der Waals surface area contributed by atoms with Gasteiger partial charge in [0.2, 0.25) is 0 Å². The van der Waals surface area contributed by atoms with Crippen molar-refractivity contribution in [2.45, 2.75) is 32.4 Å². The lowest BCUT2D eigenvalue weighted by Gasteiger charge is -2.22. The van der Waals surface area contributed by atoms with Crippen LogP contribution in [0.1, 0.15) is 24.5 Å². The molecule has 1 aromatic carbocycles. The van der Waals surface area contributed by atoms with Gasteiger partial charge in [-0.2, -0.15) is 0 Å². The molecule has 18 heavy (non-hydrogen) atoms. The van der Waals surface area contributed by atoms with Crippen molar-refractivity contribution in [2.75, 3.05) is 26.2 Å². The van der Waals surface area contributed by atoms with Crippen molar-refractivity contribution in [3.63, 3.8) is 0 Å². The Labute approximate surface area is 110 Å². The van der Waals surface area contributed by atoms with Crippen LogP contribution in [-0.4, -0.2) is 37.2 Å². The van der Waals surface area contributed by atoms with Gasteiger partial charge in [-0.1, -0.05) is 24.3 Å². The third kappa shape index (κ3) is 3.80. The highest BCUT2D eigenvalue weighted by atomic mass is 16.5. The summed E-state index contributed by atoms with van der Waals surface area (Å²) < 4.78 is 5.67. The van der Waals surface area contributed by atoms with Crippen molar-refractivity contribution in [1.29, 1.82) is 0 Å². The Morgan fingerprint density at radius 1 is 1.33 bits per heavy atom. The van der Waals surface area contributed by atoms with Gasteiger partial charge in [-0.05, 0) is 30.9 Å². The molecule has 1 fully saturated rings. The molecule has 2 rings (SSSR count). The normalized spacial score (nSPS) is 21.8. The predicted octanol–water partition coefficient (Wildman–Crippen LogP) is 1.80. The Balaban J connectivity index is 1.90. The molecule has 0 radical (unpaired) electrons. The third-order valence-electron chi connectivity index (χ3n) is 3.57. The first-order valence-corrected chi connectivity index (χ1v) is 6.90. The lowest BCUT2D eigenvalue weighted by atomic mass is 10.0. The zero-order chi connectivity index (χ0) is 12.8. The highest BCUT2D eigenvalue weighted by molar-refractivity contribution is 5.27. The van der Waals surface area contributed by atoms with Crippen molar-refractivity contribution >= 4 is 0 Å². The van der Waals surface area contributed by atoms with Crippen LogP contribution in [0.2, 0.25) is 0 Å². The van der Waals surface area contributed by atoms with Crippen LogP contribution in [0.15, 0.2) is 24.3 Å². The van der Waals surface area contributed by atoms with Crippen molar-refractivity contribution in [2.24, 2.45) is 5.73 Å². The molecule has 1 aliphatic heterocycles. The van der Waals surface area contributed by atoms with Crippen LogP contribution >= 0.6 is 0 Å². The molecule has 0 spiro atoms. The summed E-state index contributed by atoms with van der Waals surface area (Å²) in [5.74, 6) is 0. The van der Waals surface area contributed by atoms with Crippen molar-refractivity contribution in [3.05, 3.63) is 35.4 Å². The summed E-state index contributed by atoms with van der Waals surface area (Å²) in [5, 5.41) is 0. The standard InChI is InChI=1S/C15H24N2O/c1-13-12-17(8-4-10-18-13)9-7-14-5-2-3-6-15(14)11-16/h2-3,5-6,13H,4,7-12,16H2,1H3. The molecule has 1 atom stereocenters. The quantitative estimate of drug-likeness (QED) is 0.883. The van der Waals surface area contributed by atoms with Crippen LogP contribution in [0.4, 0.5) is 0 Å². The minimum absolute atomic E-state index is 0.359. The molecule has 3 heteroatoms. The summed E-state index contributed by atoms with van der Waals surface area (Å²) >= 11 is 0. The average molecular weight is 248 g/mol. The highest BCUT2D eigenvalue weighted by Crippen LogP contribution is 2.11. The maximum Gasteiger partial charge on any atom is 0.0673 e. The highest BCUT2D eigenvalue weighted by Gasteiger charge is 2.14. The summed E-state index contributed by atoms with van der Waals surface area (Å²) in [6.07, 6.45) is 2.58. The van der Waals surface area contributed by atoms with Gasteiger partial charge in [0.1, 0.15) is 0 Å². The molecule has 1 aromatic rings. The Bertz CT molecular complexity index is 367. The van der Waals surface area contributed by atoms with E-state index in [9.17, 15) is 0 Å². The molecule has 1 heterocycles. The Kier molecular flexibility index (Phi) is 5.17. The van der Waals surface area contributed by atoms with E-state index in [2.05, 4.69) is 36.1 Å². The fourth-order valence-corrected chi connectivity index (χ4v) is 2.56. The summed E-state index contributed by atoms with van der Waals surface area (Å²) in [5.41, 5.74) is 8.43. The number of benzene rings is 1. The van der Waals surface area contributed by atoms with E-state index in [0.29, 0.717) is 12.6 Å². The lowest BCUT2D eigenvalue weighted by Crippen LogP contribution is -2.32. The van der Waals surface area contributed by atoms with Gasteiger partial charge in [0, 0.05) is 32.8 Å². The smallest absolute Gasteiger partial charge is 0.0673 e. The fourth-order valence-electron chi connectivity index (χ4n) is 2.56. The topological polar surface area (TPSA) is 38.5 Å². The van der Waals surface area contributed by atoms with Crippen LogP contribution in [0.5, 0.6) is 0 Å². The van der Waals surface area contributed by atoms with E-state index in [1.165, 1.54) is 11.1 Å². The second-order valence-corrected chi connectivity index (χ2v) is 5.06. The number of hydrogen-bond acceptors (Lipinski definition) is 3. The summed E-state index contributed by atoms with van der Waals surface area (Å²) in [4.78, 5) is 2.50. The zero-order valence-corrected chi connectivity index (χ0v) is 11.3. The van der Waals surface area contributed by atoms with E-state index in [1.54, 1.807) is 0 Å². The van der Waals surface area contributed by atoms with Gasteiger partial charge >= 0.3 is 0 Å². The first kappa shape index (κ1) is 13.5. The first-order chi connectivity index (χ1) is 8.79. The maximum absolute atomic E-state index is 5.77. The van der Waals surface area contributed by atoms with E-state index in [-0.39, 0.29) is 0 Å². The number of hydrogen-bond donors (Lipinski definition) is 1. The van der Waals surface area contributed by atoms with Gasteiger partial charge in [0.15, 0.2) is 0 Å². The average Bonchev–Trinajstić information content (AvgIpc) is 2.61. The van der Waals surface area contributed by atoms with Crippen molar-refractivity contribution < 1.29 is 4.74 Å². The molecular weight excluding hydrogens is 224 g/mol. The number of rotatable bonds is 4. The molecule has 0 saturated carbocycles. The molecule has 100 valence electrons. The maximum atomic E-state index is 5.77. The van der Waals surface area contributed by atoms with Crippen LogP contribution in [0.3, 0.4) is 0 Å². The second-order valence-electron chi connectivity index (χ2n) is 5.06. The van der Waals surface area contributed by atoms with Crippen LogP contribution < -0.4 is 5.73 Å². The van der Waals surface area contributed by atoms with Crippen molar-refractivity contribution in [3.8, 4) is 0 Å². The van der Waals surface area contributed by atoms with E-state index < -0.39 is 0 Å². The Hall–Kier alpha value is -0.900. The Morgan fingerprint density at radius 3 is 2.89 bits per heavy atom. The number of nitrogens with two attached hydrogens (primary N) is 1. The van der Waals surface area contributed by atoms with Gasteiger partial charge in [-0.3, -0.25) is 0 Å². The Morgan fingerprint density at radius 2 is 2.11 bits per heavy atom. The van der Waals surface area contributed by atoms with E-state index in [1.807, 2.05) is 0 Å². The monoisotopic (exact) mass is 248 g/mol. The van der Waals surface area contributed by atoms with Gasteiger partial charge in [-0.15, -0.1) is 0 Å². The zero-order valence-electron chi connectivity index (χ0n) is 11.3. The molecule has 0 aliphatic carbocycles. The van der Waals surface area contributed by atoms with Gasteiger partial charge < -0.3 is 15.4 Å².